The molecule has 1 aromatic heterocycles. The van der Waals surface area contributed by atoms with Gasteiger partial charge in [0.25, 0.3) is 5.91 Å². The first-order valence-corrected chi connectivity index (χ1v) is 9.12. The molecule has 0 N–H and O–H groups in total. The first-order valence-electron chi connectivity index (χ1n) is 9.12. The number of aromatic nitrogens is 1. The first kappa shape index (κ1) is 17.5. The molecule has 2 aromatic rings. The number of fused-ring (bicyclic) bond motifs is 1. The van der Waals surface area contributed by atoms with E-state index in [1.165, 1.54) is 0 Å². The lowest BCUT2D eigenvalue weighted by Gasteiger charge is -2.31. The summed E-state index contributed by atoms with van der Waals surface area (Å²) in [5, 5.41) is 1.13. The number of benzene rings is 1. The summed E-state index contributed by atoms with van der Waals surface area (Å²) in [6, 6.07) is 8.15. The SMILES string of the molecule is CCOC(=O)C1CCN(C(=O)c2c(C)c3ccccc3n2CC)CC1. The van der Waals surface area contributed by atoms with Crippen LogP contribution in [0.2, 0.25) is 0 Å². The van der Waals surface area contributed by atoms with Crippen LogP contribution in [0.3, 0.4) is 0 Å². The van der Waals surface area contributed by atoms with Gasteiger partial charge in [0.05, 0.1) is 12.5 Å². The fourth-order valence-corrected chi connectivity index (χ4v) is 3.81. The van der Waals surface area contributed by atoms with Crippen LogP contribution in [0.25, 0.3) is 10.9 Å². The highest BCUT2D eigenvalue weighted by molar-refractivity contribution is 6.01. The molecule has 25 heavy (non-hydrogen) atoms. The third-order valence-electron chi connectivity index (χ3n) is 5.14. The van der Waals surface area contributed by atoms with Crippen molar-refractivity contribution in [3.8, 4) is 0 Å². The number of likely N-dealkylation sites (tertiary alicyclic amines) is 1. The molecule has 5 nitrogen and oxygen atoms in total. The first-order chi connectivity index (χ1) is 12.1. The third-order valence-corrected chi connectivity index (χ3v) is 5.14. The number of esters is 1. The Morgan fingerprint density at radius 3 is 2.48 bits per heavy atom. The molecular formula is C20H26N2O3. The molecule has 1 amide bonds. The van der Waals surface area contributed by atoms with Crippen LogP contribution in [-0.4, -0.2) is 41.0 Å². The molecule has 1 aliphatic heterocycles. The topological polar surface area (TPSA) is 51.5 Å². The molecule has 0 bridgehead atoms. The Morgan fingerprint density at radius 2 is 1.84 bits per heavy atom. The Labute approximate surface area is 148 Å². The minimum atomic E-state index is -0.131. The van der Waals surface area contributed by atoms with Gasteiger partial charge in [0.2, 0.25) is 0 Å². The molecule has 1 fully saturated rings. The van der Waals surface area contributed by atoms with E-state index in [2.05, 4.69) is 23.6 Å². The number of rotatable bonds is 4. The van der Waals surface area contributed by atoms with Gasteiger partial charge in [0.15, 0.2) is 0 Å². The minimum absolute atomic E-state index is 0.0675. The zero-order valence-electron chi connectivity index (χ0n) is 15.2. The van der Waals surface area contributed by atoms with Gasteiger partial charge >= 0.3 is 5.97 Å². The van der Waals surface area contributed by atoms with Crippen molar-refractivity contribution in [1.82, 2.24) is 9.47 Å². The molecule has 0 atom stereocenters. The summed E-state index contributed by atoms with van der Waals surface area (Å²) in [7, 11) is 0. The second-order valence-electron chi connectivity index (χ2n) is 6.55. The van der Waals surface area contributed by atoms with Crippen LogP contribution in [0.5, 0.6) is 0 Å². The second kappa shape index (κ2) is 7.30. The Kier molecular flexibility index (Phi) is 5.11. The molecule has 134 valence electrons. The molecule has 1 aliphatic rings. The predicted octanol–water partition coefficient (Wildman–Crippen LogP) is 3.38. The maximum absolute atomic E-state index is 13.2. The molecule has 0 spiro atoms. The van der Waals surface area contributed by atoms with Crippen LogP contribution < -0.4 is 0 Å². The number of aryl methyl sites for hydroxylation is 2. The Bertz CT molecular complexity index is 786. The molecule has 0 saturated carbocycles. The summed E-state index contributed by atoms with van der Waals surface area (Å²) in [5.74, 6) is -0.145. The van der Waals surface area contributed by atoms with Gasteiger partial charge in [0.1, 0.15) is 5.69 Å². The summed E-state index contributed by atoms with van der Waals surface area (Å²) in [4.78, 5) is 26.9. The average molecular weight is 342 g/mol. The summed E-state index contributed by atoms with van der Waals surface area (Å²) in [5.41, 5.74) is 2.92. The smallest absolute Gasteiger partial charge is 0.309 e. The number of amides is 1. The van der Waals surface area contributed by atoms with Gasteiger partial charge in [-0.15, -0.1) is 0 Å². The number of piperidine rings is 1. The number of hydrogen-bond acceptors (Lipinski definition) is 3. The highest BCUT2D eigenvalue weighted by Gasteiger charge is 2.31. The van der Waals surface area contributed by atoms with Crippen molar-refractivity contribution in [2.24, 2.45) is 5.92 Å². The van der Waals surface area contributed by atoms with Gasteiger partial charge in [-0.05, 0) is 45.2 Å². The summed E-state index contributed by atoms with van der Waals surface area (Å²) < 4.78 is 7.21. The van der Waals surface area contributed by atoms with Crippen molar-refractivity contribution in [3.05, 3.63) is 35.5 Å². The van der Waals surface area contributed by atoms with Crippen molar-refractivity contribution >= 4 is 22.8 Å². The van der Waals surface area contributed by atoms with Crippen molar-refractivity contribution in [1.29, 1.82) is 0 Å². The van der Waals surface area contributed by atoms with Crippen molar-refractivity contribution in [2.75, 3.05) is 19.7 Å². The zero-order chi connectivity index (χ0) is 18.0. The molecule has 0 aliphatic carbocycles. The molecule has 3 rings (SSSR count). The van der Waals surface area contributed by atoms with Crippen LogP contribution in [0.1, 0.15) is 42.7 Å². The lowest BCUT2D eigenvalue weighted by molar-refractivity contribution is -0.149. The number of nitrogens with zero attached hydrogens (tertiary/aromatic N) is 2. The van der Waals surface area contributed by atoms with E-state index in [1.54, 1.807) is 0 Å². The van der Waals surface area contributed by atoms with E-state index < -0.39 is 0 Å². The van der Waals surface area contributed by atoms with Gasteiger partial charge in [-0.1, -0.05) is 18.2 Å². The van der Waals surface area contributed by atoms with Crippen molar-refractivity contribution < 1.29 is 14.3 Å². The largest absolute Gasteiger partial charge is 0.466 e. The van der Waals surface area contributed by atoms with Crippen LogP contribution >= 0.6 is 0 Å². The van der Waals surface area contributed by atoms with Crippen LogP contribution in [0.4, 0.5) is 0 Å². The minimum Gasteiger partial charge on any atom is -0.466 e. The van der Waals surface area contributed by atoms with Gasteiger partial charge in [-0.2, -0.15) is 0 Å². The molecule has 5 heteroatoms. The Morgan fingerprint density at radius 1 is 1.16 bits per heavy atom. The molecule has 0 unspecified atom stereocenters. The van der Waals surface area contributed by atoms with Crippen LogP contribution in [0.15, 0.2) is 24.3 Å². The monoisotopic (exact) mass is 342 g/mol. The molecule has 1 aromatic carbocycles. The van der Waals surface area contributed by atoms with E-state index in [0.717, 1.165) is 28.7 Å². The maximum atomic E-state index is 13.2. The van der Waals surface area contributed by atoms with Gasteiger partial charge in [-0.25, -0.2) is 0 Å². The van der Waals surface area contributed by atoms with E-state index in [-0.39, 0.29) is 17.8 Å². The molecular weight excluding hydrogens is 316 g/mol. The highest BCUT2D eigenvalue weighted by Crippen LogP contribution is 2.28. The Hall–Kier alpha value is -2.30. The van der Waals surface area contributed by atoms with Crippen molar-refractivity contribution in [3.63, 3.8) is 0 Å². The summed E-state index contributed by atoms with van der Waals surface area (Å²) in [6.07, 6.45) is 1.35. The number of carbonyl (C=O) groups is 2. The zero-order valence-corrected chi connectivity index (χ0v) is 15.2. The lowest BCUT2D eigenvalue weighted by atomic mass is 9.96. The number of ether oxygens (including phenoxy) is 1. The van der Waals surface area contributed by atoms with E-state index in [9.17, 15) is 9.59 Å². The van der Waals surface area contributed by atoms with Gasteiger partial charge in [-0.3, -0.25) is 9.59 Å². The summed E-state index contributed by atoms with van der Waals surface area (Å²) in [6.45, 7) is 8.29. The number of carbonyl (C=O) groups excluding carboxylic acids is 2. The van der Waals surface area contributed by atoms with E-state index in [4.69, 9.17) is 4.74 Å². The summed E-state index contributed by atoms with van der Waals surface area (Å²) >= 11 is 0. The van der Waals surface area contributed by atoms with E-state index >= 15 is 0 Å². The molecule has 2 heterocycles. The van der Waals surface area contributed by atoms with Crippen LogP contribution in [-0.2, 0) is 16.1 Å². The van der Waals surface area contributed by atoms with Gasteiger partial charge < -0.3 is 14.2 Å². The van der Waals surface area contributed by atoms with Crippen molar-refractivity contribution in [2.45, 2.75) is 40.2 Å². The fraction of sp³-hybridized carbons (Fsp3) is 0.500. The molecule has 1 saturated heterocycles. The second-order valence-corrected chi connectivity index (χ2v) is 6.55. The predicted molar refractivity (Wildman–Crippen MR) is 97.6 cm³/mol. The standard InChI is InChI=1S/C20H26N2O3/c1-4-22-17-9-7-6-8-16(17)14(3)18(22)19(23)21-12-10-15(11-13-21)20(24)25-5-2/h6-9,15H,4-5,10-13H2,1-3H3. The van der Waals surface area contributed by atoms with E-state index in [1.807, 2.05) is 30.9 Å². The quantitative estimate of drug-likeness (QED) is 0.800. The van der Waals surface area contributed by atoms with E-state index in [0.29, 0.717) is 32.5 Å². The third kappa shape index (κ3) is 3.15. The lowest BCUT2D eigenvalue weighted by Crippen LogP contribution is -2.41. The van der Waals surface area contributed by atoms with Gasteiger partial charge in [0, 0.05) is 30.5 Å². The Balaban J connectivity index is 1.82. The highest BCUT2D eigenvalue weighted by atomic mass is 16.5. The number of hydrogen-bond donors (Lipinski definition) is 0. The number of para-hydroxylation sites is 1. The molecule has 0 radical (unpaired) electrons. The average Bonchev–Trinajstić information content (AvgIpc) is 2.93. The maximum Gasteiger partial charge on any atom is 0.309 e. The van der Waals surface area contributed by atoms with Crippen LogP contribution in [0, 0.1) is 12.8 Å². The fourth-order valence-electron chi connectivity index (χ4n) is 3.81. The normalized spacial score (nSPS) is 15.6.